The molecule has 15 heavy (non-hydrogen) atoms. The second kappa shape index (κ2) is 38.1. The predicted molar refractivity (Wildman–Crippen MR) is 66.7 cm³/mol. The van der Waals surface area contributed by atoms with Gasteiger partial charge in [0.15, 0.2) is 0 Å². The lowest BCUT2D eigenvalue weighted by molar-refractivity contribution is 0.636. The molecule has 89 valence electrons. The van der Waals surface area contributed by atoms with Crippen LogP contribution in [-0.4, -0.2) is 19.7 Å². The second-order valence-corrected chi connectivity index (χ2v) is 1.95. The summed E-state index contributed by atoms with van der Waals surface area (Å²) in [5, 5.41) is 0. The molecule has 0 fully saturated rings. The molecular weight excluding hydrogens is 194 g/mol. The highest BCUT2D eigenvalue weighted by molar-refractivity contribution is 6.23. The van der Waals surface area contributed by atoms with Crippen molar-refractivity contribution in [3.05, 3.63) is 30.6 Å². The molecule has 0 amide bonds. The number of hydrogen-bond donors (Lipinski definition) is 0. The van der Waals surface area contributed by atoms with Crippen LogP contribution in [0.3, 0.4) is 0 Å². The standard InChI is InChI=1S/C5H5N.C3H8.CH3BF.CH3F.CH4/c1-2-4-6-5-3-1;1-3-2;1-2-3;1-2;/h1-5H;3H2,1-2H3;1H3;1H3;1H4/i;;;2-1;. The Bertz CT molecular complexity index is 111. The van der Waals surface area contributed by atoms with Crippen LogP contribution in [0.1, 0.15) is 27.7 Å². The Morgan fingerprint density at radius 1 is 1.07 bits per heavy atom. The molecule has 0 saturated carbocycles. The van der Waals surface area contributed by atoms with Crippen molar-refractivity contribution in [2.24, 2.45) is 0 Å². The van der Waals surface area contributed by atoms with Gasteiger partial charge >= 0.3 is 7.56 Å². The maximum absolute atomic E-state index is 10.2. The zero-order valence-corrected chi connectivity index (χ0v) is 9.37. The average Bonchev–Trinajstić information content (AvgIpc) is 2.26. The maximum Gasteiger partial charge on any atom is 0.351 e. The van der Waals surface area contributed by atoms with Crippen LogP contribution < -0.4 is 0 Å². The van der Waals surface area contributed by atoms with Crippen LogP contribution in [0.4, 0.5) is 8.71 Å². The number of pyridine rings is 1. The maximum atomic E-state index is 10.2. The number of halogens is 2. The van der Waals surface area contributed by atoms with Gasteiger partial charge in [0.05, 0.1) is 7.18 Å². The van der Waals surface area contributed by atoms with Crippen LogP contribution in [0.2, 0.25) is 6.82 Å². The Labute approximate surface area is 94.2 Å². The van der Waals surface area contributed by atoms with Gasteiger partial charge in [-0.05, 0) is 12.1 Å². The summed E-state index contributed by atoms with van der Waals surface area (Å²) in [6.07, 6.45) is 4.75. The van der Waals surface area contributed by atoms with Gasteiger partial charge in [-0.15, -0.1) is 0 Å². The first-order chi connectivity index (χ1) is 6.83. The average molecular weight is 217 g/mol. The van der Waals surface area contributed by atoms with E-state index in [1.807, 2.05) is 18.2 Å². The van der Waals surface area contributed by atoms with Crippen LogP contribution in [-0.2, 0) is 0 Å². The largest absolute Gasteiger partial charge is 0.351 e. The topological polar surface area (TPSA) is 12.9 Å². The van der Waals surface area contributed by atoms with Gasteiger partial charge in [-0.2, -0.15) is 0 Å². The summed E-state index contributed by atoms with van der Waals surface area (Å²) in [6, 6.07) is 5.72. The molecule has 1 heterocycles. The van der Waals surface area contributed by atoms with Crippen molar-refractivity contribution >= 4 is 7.56 Å². The smallest absolute Gasteiger partial charge is 0.343 e. The van der Waals surface area contributed by atoms with Crippen LogP contribution in [0, 0.1) is 0 Å². The summed E-state index contributed by atoms with van der Waals surface area (Å²) < 4.78 is 19.7. The van der Waals surface area contributed by atoms with Crippen molar-refractivity contribution in [1.82, 2.24) is 4.98 Å². The SMILES string of the molecule is C.CCC.C[18F].C[B]F.c1ccncc1. The van der Waals surface area contributed by atoms with Crippen molar-refractivity contribution in [1.29, 1.82) is 0 Å². The van der Waals surface area contributed by atoms with Gasteiger partial charge in [0.25, 0.3) is 0 Å². The number of alkyl halides is 1. The molecule has 1 aromatic rings. The zero-order valence-electron chi connectivity index (χ0n) is 9.37. The van der Waals surface area contributed by atoms with Crippen molar-refractivity contribution in [3.63, 3.8) is 0 Å². The molecule has 0 spiro atoms. The molecule has 0 N–H and O–H groups in total. The van der Waals surface area contributed by atoms with Gasteiger partial charge in [-0.1, -0.05) is 40.6 Å². The van der Waals surface area contributed by atoms with Gasteiger partial charge in [0.2, 0.25) is 0 Å². The van der Waals surface area contributed by atoms with Gasteiger partial charge in [0, 0.05) is 12.4 Å². The van der Waals surface area contributed by atoms with Crippen LogP contribution >= 0.6 is 0 Å². The van der Waals surface area contributed by atoms with E-state index in [0.29, 0.717) is 14.7 Å². The van der Waals surface area contributed by atoms with Gasteiger partial charge in [-0.25, -0.2) is 0 Å². The number of aromatic nitrogens is 1. The zero-order chi connectivity index (χ0) is 11.7. The molecule has 0 aromatic carbocycles. The first-order valence-corrected chi connectivity index (χ1v) is 4.44. The summed E-state index contributed by atoms with van der Waals surface area (Å²) in [6.45, 7) is 5.58. The lowest BCUT2D eigenvalue weighted by Gasteiger charge is -1.70. The molecule has 1 rings (SSSR count). The molecular formula is C11H23BF2N. The number of rotatable bonds is 0. The summed E-state index contributed by atoms with van der Waals surface area (Å²) in [4.78, 5) is 3.78. The Hall–Kier alpha value is -0.925. The van der Waals surface area contributed by atoms with Crippen molar-refractivity contribution < 1.29 is 8.71 Å². The van der Waals surface area contributed by atoms with E-state index >= 15 is 0 Å². The molecule has 1 aromatic heterocycles. The Morgan fingerprint density at radius 2 is 1.33 bits per heavy atom. The van der Waals surface area contributed by atoms with E-state index in [2.05, 4.69) is 18.8 Å². The van der Waals surface area contributed by atoms with E-state index in [4.69, 9.17) is 0 Å². The minimum absolute atomic E-state index is 0. The third kappa shape index (κ3) is 62.3. The molecule has 0 aliphatic rings. The third-order valence-electron chi connectivity index (χ3n) is 0.566. The molecule has 1 radical (unpaired) electrons. The molecule has 0 saturated heterocycles. The predicted octanol–water partition coefficient (Wildman–Crippen LogP) is 4.34. The fourth-order valence-electron chi connectivity index (χ4n) is 0.313. The first-order valence-electron chi connectivity index (χ1n) is 4.44. The monoisotopic (exact) mass is 217 g/mol. The lowest BCUT2D eigenvalue weighted by Crippen LogP contribution is -1.58. The quantitative estimate of drug-likeness (QED) is 0.589. The molecule has 0 atom stereocenters. The second-order valence-electron chi connectivity index (χ2n) is 1.95. The fraction of sp³-hybridized carbons (Fsp3) is 0.545. The normalized spacial score (nSPS) is 5.73. The van der Waals surface area contributed by atoms with Crippen molar-refractivity contribution in [3.8, 4) is 0 Å². The Kier molecular flexibility index (Phi) is 60.2. The molecule has 1 nitrogen and oxygen atoms in total. The third-order valence-corrected chi connectivity index (χ3v) is 0.566. The molecule has 0 unspecified atom stereocenters. The van der Waals surface area contributed by atoms with Gasteiger partial charge < -0.3 is 4.32 Å². The molecule has 0 aliphatic heterocycles. The van der Waals surface area contributed by atoms with Gasteiger partial charge in [0.1, 0.15) is 0 Å². The summed E-state index contributed by atoms with van der Waals surface area (Å²) in [5.41, 5.74) is 0. The van der Waals surface area contributed by atoms with Crippen molar-refractivity contribution in [2.45, 2.75) is 34.5 Å². The summed E-state index contributed by atoms with van der Waals surface area (Å²) >= 11 is 0. The van der Waals surface area contributed by atoms with E-state index in [9.17, 15) is 8.71 Å². The Morgan fingerprint density at radius 3 is 1.40 bits per heavy atom. The van der Waals surface area contributed by atoms with Crippen LogP contribution in [0.15, 0.2) is 30.6 Å². The highest BCUT2D eigenvalue weighted by Crippen LogP contribution is 1.73. The first kappa shape index (κ1) is 23.7. The minimum atomic E-state index is 0. The minimum Gasteiger partial charge on any atom is -0.343 e. The van der Waals surface area contributed by atoms with Crippen LogP contribution in [0.5, 0.6) is 0 Å². The van der Waals surface area contributed by atoms with Crippen LogP contribution in [0.25, 0.3) is 0 Å². The molecule has 0 aliphatic carbocycles. The lowest BCUT2D eigenvalue weighted by atomic mass is 10.2. The summed E-state index contributed by atoms with van der Waals surface area (Å²) in [7, 11) is 1.00. The highest BCUT2D eigenvalue weighted by atomic mass is 19.1. The highest BCUT2D eigenvalue weighted by Gasteiger charge is 1.58. The summed E-state index contributed by atoms with van der Waals surface area (Å²) in [5.74, 6) is 0. The van der Waals surface area contributed by atoms with E-state index in [0.717, 1.165) is 0 Å². The molecule has 0 bridgehead atoms. The van der Waals surface area contributed by atoms with E-state index < -0.39 is 0 Å². The molecule has 4 heteroatoms. The number of nitrogens with zero attached hydrogens (tertiary/aromatic N) is 1. The fourth-order valence-corrected chi connectivity index (χ4v) is 0.313. The van der Waals surface area contributed by atoms with E-state index in [-0.39, 0.29) is 7.43 Å². The van der Waals surface area contributed by atoms with Gasteiger partial charge in [-0.3, -0.25) is 9.37 Å². The van der Waals surface area contributed by atoms with E-state index in [1.54, 1.807) is 12.4 Å². The Balaban J connectivity index is -0.0000000592. The number of hydrogen-bond acceptors (Lipinski definition) is 1. The van der Waals surface area contributed by atoms with E-state index in [1.165, 1.54) is 13.2 Å². The van der Waals surface area contributed by atoms with Crippen molar-refractivity contribution in [2.75, 3.05) is 7.18 Å².